The average Bonchev–Trinajstić information content (AvgIpc) is 2.93. The highest BCUT2D eigenvalue weighted by atomic mass is 16.5. The average molecular weight is 300 g/mol. The second-order valence-corrected chi connectivity index (χ2v) is 5.66. The second kappa shape index (κ2) is 5.93. The van der Waals surface area contributed by atoms with Crippen LogP contribution in [0.4, 0.5) is 0 Å². The highest BCUT2D eigenvalue weighted by Crippen LogP contribution is 2.31. The molecule has 22 heavy (non-hydrogen) atoms. The number of Topliss-reactive ketones (excluding diaryl/α,β-unsaturated/α-hetero) is 1. The summed E-state index contributed by atoms with van der Waals surface area (Å²) in [6, 6.07) is 5.55. The summed E-state index contributed by atoms with van der Waals surface area (Å²) in [5.41, 5.74) is 2.94. The predicted octanol–water partition coefficient (Wildman–Crippen LogP) is 2.16. The van der Waals surface area contributed by atoms with E-state index in [4.69, 9.17) is 4.74 Å². The summed E-state index contributed by atoms with van der Waals surface area (Å²) in [5.74, 6) is -0.0916. The number of hydrogen-bond acceptors (Lipinski definition) is 4. The molecule has 3 rings (SSSR count). The summed E-state index contributed by atoms with van der Waals surface area (Å²) < 4.78 is 4.94. The summed E-state index contributed by atoms with van der Waals surface area (Å²) in [4.78, 5) is 29.4. The summed E-state index contributed by atoms with van der Waals surface area (Å²) in [7, 11) is 1.89. The zero-order valence-electron chi connectivity index (χ0n) is 12.9. The molecule has 116 valence electrons. The maximum absolute atomic E-state index is 12.7. The summed E-state index contributed by atoms with van der Waals surface area (Å²) >= 11 is 0. The van der Waals surface area contributed by atoms with Crippen LogP contribution in [0.3, 0.4) is 0 Å². The second-order valence-electron chi connectivity index (χ2n) is 5.66. The number of rotatable bonds is 5. The molecule has 1 unspecified atom stereocenters. The Hall–Kier alpha value is -2.14. The normalized spacial score (nSPS) is 17.2. The van der Waals surface area contributed by atoms with Crippen LogP contribution in [0.15, 0.2) is 24.4 Å². The standard InChI is InChI=1S/C17H20N2O3/c1-3-22-15(20)7-8-19(2)14-9-11-10-18-13-6-4-5-12(16(11)13)17(14)21/h4-6,10,14,18H,3,7-9H2,1-2H3. The molecule has 1 aliphatic carbocycles. The number of H-pyrrole nitrogens is 1. The Morgan fingerprint density at radius 3 is 3.05 bits per heavy atom. The quantitative estimate of drug-likeness (QED) is 0.860. The summed E-state index contributed by atoms with van der Waals surface area (Å²) in [5, 5.41) is 1.04. The first-order valence-corrected chi connectivity index (χ1v) is 7.61. The highest BCUT2D eigenvalue weighted by molar-refractivity contribution is 6.13. The fourth-order valence-electron chi connectivity index (χ4n) is 3.12. The molecule has 0 amide bonds. The molecule has 1 heterocycles. The number of hydrogen-bond donors (Lipinski definition) is 1. The van der Waals surface area contributed by atoms with Gasteiger partial charge in [0.1, 0.15) is 0 Å². The van der Waals surface area contributed by atoms with E-state index in [0.717, 1.165) is 22.0 Å². The number of aromatic nitrogens is 1. The Morgan fingerprint density at radius 1 is 1.45 bits per heavy atom. The maximum atomic E-state index is 12.7. The molecule has 0 bridgehead atoms. The van der Waals surface area contributed by atoms with Gasteiger partial charge in [-0.1, -0.05) is 12.1 Å². The van der Waals surface area contributed by atoms with Gasteiger partial charge in [0.2, 0.25) is 0 Å². The van der Waals surface area contributed by atoms with Crippen LogP contribution in [0.25, 0.3) is 10.9 Å². The molecule has 0 fully saturated rings. The van der Waals surface area contributed by atoms with Gasteiger partial charge in [-0.25, -0.2) is 0 Å². The fourth-order valence-corrected chi connectivity index (χ4v) is 3.12. The number of carbonyl (C=O) groups is 2. The molecule has 0 aliphatic heterocycles. The van der Waals surface area contributed by atoms with E-state index in [1.807, 2.05) is 36.3 Å². The van der Waals surface area contributed by atoms with Gasteiger partial charge >= 0.3 is 5.97 Å². The molecule has 5 heteroatoms. The van der Waals surface area contributed by atoms with E-state index in [9.17, 15) is 9.59 Å². The molecule has 0 saturated heterocycles. The van der Waals surface area contributed by atoms with E-state index in [0.29, 0.717) is 26.0 Å². The van der Waals surface area contributed by atoms with Crippen LogP contribution < -0.4 is 0 Å². The largest absolute Gasteiger partial charge is 0.466 e. The minimum absolute atomic E-state index is 0.129. The zero-order valence-corrected chi connectivity index (χ0v) is 12.9. The number of aromatic amines is 1. The number of carbonyl (C=O) groups excluding carboxylic acids is 2. The van der Waals surface area contributed by atoms with Gasteiger partial charge in [-0.15, -0.1) is 0 Å². The Morgan fingerprint density at radius 2 is 2.27 bits per heavy atom. The lowest BCUT2D eigenvalue weighted by Crippen LogP contribution is -2.43. The zero-order chi connectivity index (χ0) is 15.7. The molecule has 1 atom stereocenters. The van der Waals surface area contributed by atoms with Gasteiger partial charge in [-0.3, -0.25) is 14.5 Å². The lowest BCUT2D eigenvalue weighted by Gasteiger charge is -2.29. The van der Waals surface area contributed by atoms with Crippen molar-refractivity contribution in [3.8, 4) is 0 Å². The summed E-state index contributed by atoms with van der Waals surface area (Å²) in [6.45, 7) is 2.70. The third kappa shape index (κ3) is 2.52. The van der Waals surface area contributed by atoms with E-state index >= 15 is 0 Å². The first-order valence-electron chi connectivity index (χ1n) is 7.61. The van der Waals surface area contributed by atoms with Crippen molar-refractivity contribution in [2.45, 2.75) is 25.8 Å². The molecule has 0 saturated carbocycles. The van der Waals surface area contributed by atoms with Crippen LogP contribution in [-0.2, 0) is 16.0 Å². The minimum atomic E-state index is -0.220. The highest BCUT2D eigenvalue weighted by Gasteiger charge is 2.32. The van der Waals surface area contributed by atoms with Gasteiger partial charge in [0, 0.05) is 29.2 Å². The first-order chi connectivity index (χ1) is 10.6. The smallest absolute Gasteiger partial charge is 0.307 e. The Labute approximate surface area is 129 Å². The molecular formula is C17H20N2O3. The number of ether oxygens (including phenoxy) is 1. The number of esters is 1. The summed E-state index contributed by atoms with van der Waals surface area (Å²) in [6.07, 6.45) is 2.96. The van der Waals surface area contributed by atoms with E-state index in [-0.39, 0.29) is 17.8 Å². The van der Waals surface area contributed by atoms with Crippen LogP contribution >= 0.6 is 0 Å². The molecule has 5 nitrogen and oxygen atoms in total. The topological polar surface area (TPSA) is 62.4 Å². The third-order valence-corrected chi connectivity index (χ3v) is 4.27. The van der Waals surface area contributed by atoms with Gasteiger partial charge in [0.15, 0.2) is 5.78 Å². The molecule has 0 radical (unpaired) electrons. The van der Waals surface area contributed by atoms with Crippen LogP contribution in [0.2, 0.25) is 0 Å². The molecule has 1 aliphatic rings. The Balaban J connectivity index is 1.77. The molecule has 1 aromatic heterocycles. The van der Waals surface area contributed by atoms with E-state index in [1.165, 1.54) is 0 Å². The number of likely N-dealkylation sites (N-methyl/N-ethyl adjacent to an activating group) is 1. The third-order valence-electron chi connectivity index (χ3n) is 4.27. The Bertz CT molecular complexity index is 720. The molecule has 1 N–H and O–H groups in total. The lowest BCUT2D eigenvalue weighted by molar-refractivity contribution is -0.143. The SMILES string of the molecule is CCOC(=O)CCN(C)C1Cc2c[nH]c3cccc(c23)C1=O. The van der Waals surface area contributed by atoms with Crippen LogP contribution in [-0.4, -0.2) is 47.9 Å². The predicted molar refractivity (Wildman–Crippen MR) is 84.0 cm³/mol. The monoisotopic (exact) mass is 300 g/mol. The van der Waals surface area contributed by atoms with Gasteiger partial charge in [0.25, 0.3) is 0 Å². The van der Waals surface area contributed by atoms with Crippen molar-refractivity contribution in [2.75, 3.05) is 20.2 Å². The number of ketones is 1. The van der Waals surface area contributed by atoms with Gasteiger partial charge in [0.05, 0.1) is 19.1 Å². The van der Waals surface area contributed by atoms with Crippen molar-refractivity contribution >= 4 is 22.7 Å². The van der Waals surface area contributed by atoms with Gasteiger partial charge in [-0.2, -0.15) is 0 Å². The molecular weight excluding hydrogens is 280 g/mol. The van der Waals surface area contributed by atoms with Crippen molar-refractivity contribution in [3.63, 3.8) is 0 Å². The molecule has 2 aromatic rings. The van der Waals surface area contributed by atoms with Crippen LogP contribution in [0.5, 0.6) is 0 Å². The minimum Gasteiger partial charge on any atom is -0.466 e. The van der Waals surface area contributed by atoms with Gasteiger partial charge < -0.3 is 9.72 Å². The van der Waals surface area contributed by atoms with Crippen molar-refractivity contribution in [1.29, 1.82) is 0 Å². The van der Waals surface area contributed by atoms with Crippen molar-refractivity contribution < 1.29 is 14.3 Å². The van der Waals surface area contributed by atoms with Crippen LogP contribution in [0.1, 0.15) is 29.3 Å². The fraction of sp³-hybridized carbons (Fsp3) is 0.412. The molecule has 1 aromatic carbocycles. The maximum Gasteiger partial charge on any atom is 0.307 e. The number of benzene rings is 1. The molecule has 0 spiro atoms. The first kappa shape index (κ1) is 14.8. The number of nitrogens with zero attached hydrogens (tertiary/aromatic N) is 1. The lowest BCUT2D eigenvalue weighted by atomic mass is 9.87. The van der Waals surface area contributed by atoms with Crippen molar-refractivity contribution in [3.05, 3.63) is 35.5 Å². The van der Waals surface area contributed by atoms with Crippen molar-refractivity contribution in [1.82, 2.24) is 9.88 Å². The van der Waals surface area contributed by atoms with E-state index in [2.05, 4.69) is 4.98 Å². The van der Waals surface area contributed by atoms with E-state index < -0.39 is 0 Å². The van der Waals surface area contributed by atoms with E-state index in [1.54, 1.807) is 6.92 Å². The Kier molecular flexibility index (Phi) is 3.98. The number of nitrogens with one attached hydrogen (secondary N) is 1. The van der Waals surface area contributed by atoms with Crippen LogP contribution in [0, 0.1) is 0 Å². The van der Waals surface area contributed by atoms with Gasteiger partial charge in [-0.05, 0) is 32.0 Å². The van der Waals surface area contributed by atoms with Crippen molar-refractivity contribution in [2.24, 2.45) is 0 Å².